The highest BCUT2D eigenvalue weighted by molar-refractivity contribution is 7.91. The van der Waals surface area contributed by atoms with E-state index in [0.717, 1.165) is 19.3 Å². The fraction of sp³-hybridized carbons (Fsp3) is 0.889. The van der Waals surface area contributed by atoms with Crippen molar-refractivity contribution in [3.63, 3.8) is 0 Å². The van der Waals surface area contributed by atoms with Crippen LogP contribution in [-0.2, 0) is 9.84 Å². The fourth-order valence-electron chi connectivity index (χ4n) is 2.96. The molecule has 78 valence electrons. The van der Waals surface area contributed by atoms with Crippen LogP contribution in [0, 0.1) is 11.8 Å². The highest BCUT2D eigenvalue weighted by Crippen LogP contribution is 2.48. The lowest BCUT2D eigenvalue weighted by Crippen LogP contribution is -2.33. The third-order valence-electron chi connectivity index (χ3n) is 3.49. The van der Waals surface area contributed by atoms with Gasteiger partial charge in [0.25, 0.3) is 0 Å². The van der Waals surface area contributed by atoms with Crippen molar-refractivity contribution in [1.29, 1.82) is 0 Å². The van der Waals surface area contributed by atoms with Gasteiger partial charge in [0.05, 0.1) is 16.5 Å². The molecule has 0 spiro atoms. The number of hydrogen-bond acceptors (Lipinski definition) is 4. The lowest BCUT2D eigenvalue weighted by atomic mass is 9.95. The monoisotopic (exact) mass is 231 g/mol. The lowest BCUT2D eigenvalue weighted by molar-refractivity contribution is 0.416. The average molecular weight is 231 g/mol. The largest absolute Gasteiger partial charge is 0.229 e. The number of thiocarbonyl (C=S) groups is 1. The van der Waals surface area contributed by atoms with E-state index in [-0.39, 0.29) is 17.2 Å². The van der Waals surface area contributed by atoms with E-state index in [1.54, 1.807) is 0 Å². The molecule has 2 fully saturated rings. The summed E-state index contributed by atoms with van der Waals surface area (Å²) < 4.78 is 23.0. The zero-order valence-corrected chi connectivity index (χ0v) is 9.64. The molecule has 0 saturated heterocycles. The van der Waals surface area contributed by atoms with Crippen LogP contribution in [0.2, 0.25) is 0 Å². The van der Waals surface area contributed by atoms with Crippen LogP contribution in [0.25, 0.3) is 0 Å². The second-order valence-electron chi connectivity index (χ2n) is 4.39. The molecule has 0 aromatic heterocycles. The van der Waals surface area contributed by atoms with Crippen molar-refractivity contribution in [3.05, 3.63) is 0 Å². The third-order valence-corrected chi connectivity index (χ3v) is 5.23. The number of rotatable bonds is 2. The summed E-state index contributed by atoms with van der Waals surface area (Å²) in [6.45, 7) is 0. The molecule has 2 bridgehead atoms. The maximum Gasteiger partial charge on any atom is 0.150 e. The number of isothiocyanates is 1. The molecular formula is C9H13NO2S2. The predicted molar refractivity (Wildman–Crippen MR) is 58.3 cm³/mol. The van der Waals surface area contributed by atoms with Gasteiger partial charge in [0.15, 0.2) is 9.84 Å². The second-order valence-corrected chi connectivity index (χ2v) is 6.84. The van der Waals surface area contributed by atoms with Gasteiger partial charge in [-0.05, 0) is 43.3 Å². The number of fused-ring (bicyclic) bond motifs is 2. The van der Waals surface area contributed by atoms with Crippen molar-refractivity contribution in [2.24, 2.45) is 16.8 Å². The molecule has 0 N–H and O–H groups in total. The average Bonchev–Trinajstić information content (AvgIpc) is 2.61. The fourth-order valence-corrected chi connectivity index (χ4v) is 4.64. The molecule has 2 saturated carbocycles. The van der Waals surface area contributed by atoms with E-state index in [2.05, 4.69) is 22.4 Å². The quantitative estimate of drug-likeness (QED) is 0.531. The topological polar surface area (TPSA) is 46.5 Å². The van der Waals surface area contributed by atoms with Gasteiger partial charge in [0.1, 0.15) is 0 Å². The second kappa shape index (κ2) is 3.40. The number of hydrogen-bond donors (Lipinski definition) is 0. The first kappa shape index (κ1) is 10.3. The molecule has 2 rings (SSSR count). The molecule has 0 aliphatic heterocycles. The van der Waals surface area contributed by atoms with Gasteiger partial charge >= 0.3 is 0 Å². The molecule has 0 unspecified atom stereocenters. The molecular weight excluding hydrogens is 218 g/mol. The molecule has 4 atom stereocenters. The molecule has 0 aromatic carbocycles. The van der Waals surface area contributed by atoms with Crippen LogP contribution >= 0.6 is 12.2 Å². The Balaban J connectivity index is 2.23. The number of sulfone groups is 1. The molecule has 0 heterocycles. The molecule has 3 nitrogen and oxygen atoms in total. The molecule has 14 heavy (non-hydrogen) atoms. The Morgan fingerprint density at radius 3 is 2.57 bits per heavy atom. The van der Waals surface area contributed by atoms with Crippen LogP contribution in [-0.4, -0.2) is 31.1 Å². The predicted octanol–water partition coefficient (Wildman–Crippen LogP) is 1.30. The Hall–Kier alpha value is -0.250. The van der Waals surface area contributed by atoms with Gasteiger partial charge in [0, 0.05) is 6.26 Å². The van der Waals surface area contributed by atoms with E-state index in [0.29, 0.717) is 5.92 Å². The maximum absolute atomic E-state index is 11.5. The molecule has 0 amide bonds. The van der Waals surface area contributed by atoms with Gasteiger partial charge in [-0.3, -0.25) is 0 Å². The zero-order valence-electron chi connectivity index (χ0n) is 8.01. The van der Waals surface area contributed by atoms with Gasteiger partial charge in [-0.25, -0.2) is 13.4 Å². The van der Waals surface area contributed by atoms with Gasteiger partial charge in [-0.2, -0.15) is 0 Å². The molecule has 2 aliphatic carbocycles. The van der Waals surface area contributed by atoms with Crippen molar-refractivity contribution in [3.8, 4) is 0 Å². The zero-order chi connectivity index (χ0) is 10.3. The summed E-state index contributed by atoms with van der Waals surface area (Å²) in [6, 6.07) is 0.117. The first-order valence-corrected chi connectivity index (χ1v) is 7.14. The Morgan fingerprint density at radius 1 is 1.36 bits per heavy atom. The SMILES string of the molecule is CS(=O)(=O)[C@H]1C[C@H]2C[C@@H]1[C@H](N=C=S)C2. The van der Waals surface area contributed by atoms with Crippen molar-refractivity contribution < 1.29 is 8.42 Å². The summed E-state index contributed by atoms with van der Waals surface area (Å²) >= 11 is 4.57. The minimum absolute atomic E-state index is 0.117. The summed E-state index contributed by atoms with van der Waals surface area (Å²) in [4.78, 5) is 4.07. The number of nitrogens with zero attached hydrogens (tertiary/aromatic N) is 1. The van der Waals surface area contributed by atoms with Crippen molar-refractivity contribution in [1.82, 2.24) is 0 Å². The van der Waals surface area contributed by atoms with E-state index in [1.165, 1.54) is 6.26 Å². The molecule has 0 aromatic rings. The van der Waals surface area contributed by atoms with Crippen LogP contribution in [0.1, 0.15) is 19.3 Å². The van der Waals surface area contributed by atoms with Crippen LogP contribution in [0.3, 0.4) is 0 Å². The summed E-state index contributed by atoms with van der Waals surface area (Å²) in [5.74, 6) is 0.738. The highest BCUT2D eigenvalue weighted by atomic mass is 32.2. The maximum atomic E-state index is 11.5. The Morgan fingerprint density at radius 2 is 2.07 bits per heavy atom. The van der Waals surface area contributed by atoms with Crippen molar-refractivity contribution in [2.75, 3.05) is 6.26 Å². The summed E-state index contributed by atoms with van der Waals surface area (Å²) in [5, 5.41) is 2.20. The standard InChI is InChI=1S/C9H13NO2S2/c1-14(11,12)9-4-6-2-7(9)8(3-6)10-5-13/h6-9H,2-4H2,1H3/t6-,7+,8+,9-/m0/s1. The highest BCUT2D eigenvalue weighted by Gasteiger charge is 2.50. The first-order valence-electron chi connectivity index (χ1n) is 4.78. The Bertz CT molecular complexity index is 384. The molecule has 5 heteroatoms. The molecule has 2 aliphatic rings. The van der Waals surface area contributed by atoms with E-state index in [1.807, 2.05) is 0 Å². The lowest BCUT2D eigenvalue weighted by Gasteiger charge is -2.24. The van der Waals surface area contributed by atoms with E-state index in [4.69, 9.17) is 0 Å². The van der Waals surface area contributed by atoms with Gasteiger partial charge in [-0.1, -0.05) is 0 Å². The summed E-state index contributed by atoms with van der Waals surface area (Å²) in [5.41, 5.74) is 0. The van der Waals surface area contributed by atoms with Crippen LogP contribution in [0.4, 0.5) is 0 Å². The Kier molecular flexibility index (Phi) is 2.50. The van der Waals surface area contributed by atoms with Crippen molar-refractivity contribution >= 4 is 27.2 Å². The smallest absolute Gasteiger partial charge is 0.150 e. The van der Waals surface area contributed by atoms with Crippen LogP contribution < -0.4 is 0 Å². The minimum atomic E-state index is -2.91. The summed E-state index contributed by atoms with van der Waals surface area (Å²) in [7, 11) is -2.91. The van der Waals surface area contributed by atoms with E-state index in [9.17, 15) is 8.42 Å². The van der Waals surface area contributed by atoms with Gasteiger partial charge in [-0.15, -0.1) is 0 Å². The number of aliphatic imine (C=N–C) groups is 1. The van der Waals surface area contributed by atoms with Gasteiger partial charge < -0.3 is 0 Å². The van der Waals surface area contributed by atoms with Gasteiger partial charge in [0.2, 0.25) is 0 Å². The Labute approximate surface area is 89.5 Å². The molecule has 0 radical (unpaired) electrons. The summed E-state index contributed by atoms with van der Waals surface area (Å²) in [6.07, 6.45) is 4.16. The van der Waals surface area contributed by atoms with Crippen LogP contribution in [0.15, 0.2) is 4.99 Å². The first-order chi connectivity index (χ1) is 6.52. The normalized spacial score (nSPS) is 40.9. The van der Waals surface area contributed by atoms with Crippen molar-refractivity contribution in [2.45, 2.75) is 30.6 Å². The third kappa shape index (κ3) is 1.64. The van der Waals surface area contributed by atoms with E-state index >= 15 is 0 Å². The van der Waals surface area contributed by atoms with Crippen LogP contribution in [0.5, 0.6) is 0 Å². The van der Waals surface area contributed by atoms with E-state index < -0.39 is 9.84 Å². The minimum Gasteiger partial charge on any atom is -0.229 e.